The van der Waals surface area contributed by atoms with E-state index in [1.54, 1.807) is 11.8 Å². The van der Waals surface area contributed by atoms with E-state index in [1.165, 1.54) is 154 Å². The number of rotatable bonds is 38. The zero-order valence-corrected chi connectivity index (χ0v) is 38.3. The van der Waals surface area contributed by atoms with Crippen molar-refractivity contribution in [3.8, 4) is 0 Å². The maximum atomic E-state index is 12.8. The van der Waals surface area contributed by atoms with E-state index < -0.39 is 0 Å². The van der Waals surface area contributed by atoms with Crippen molar-refractivity contribution in [2.45, 2.75) is 213 Å². The predicted molar refractivity (Wildman–Crippen MR) is 227 cm³/mol. The number of halogens is 1. The van der Waals surface area contributed by atoms with Crippen LogP contribution < -0.4 is 39.2 Å². The molecular formula is C45H84IN3O4S. The van der Waals surface area contributed by atoms with Crippen molar-refractivity contribution in [2.24, 2.45) is 0 Å². The molecule has 1 aromatic heterocycles. The highest BCUT2D eigenvalue weighted by Crippen LogP contribution is 2.20. The number of thioether (sulfide) groups is 1. The molecule has 2 amide bonds. The Bertz CT molecular complexity index is 973. The molecule has 1 aromatic rings. The van der Waals surface area contributed by atoms with Gasteiger partial charge in [0.1, 0.15) is 25.8 Å². The van der Waals surface area contributed by atoms with Crippen LogP contribution in [0.2, 0.25) is 0 Å². The molecule has 0 aliphatic carbocycles. The van der Waals surface area contributed by atoms with Crippen LogP contribution >= 0.6 is 11.8 Å². The fourth-order valence-electron chi connectivity index (χ4n) is 6.99. The van der Waals surface area contributed by atoms with Gasteiger partial charge in [-0.05, 0) is 19.8 Å². The molecule has 0 radical (unpaired) electrons. The summed E-state index contributed by atoms with van der Waals surface area (Å²) >= 11 is 1.62. The Morgan fingerprint density at radius 1 is 0.593 bits per heavy atom. The van der Waals surface area contributed by atoms with Gasteiger partial charge in [0.25, 0.3) is 0 Å². The Morgan fingerprint density at radius 3 is 1.48 bits per heavy atom. The van der Waals surface area contributed by atoms with Gasteiger partial charge in [-0.25, -0.2) is 14.2 Å². The number of carbonyl (C=O) groups excluding carboxylic acids is 2. The Balaban J connectivity index is 0.0000281. The number of hydrogen-bond donors (Lipinski definition) is 2. The van der Waals surface area contributed by atoms with Crippen LogP contribution in [0, 0.1) is 0 Å². The van der Waals surface area contributed by atoms with Crippen LogP contribution in [0.15, 0.2) is 24.4 Å². The number of unbranched alkanes of at least 4 members (excludes halogenated alkanes) is 25. The standard InChI is InChI=1S/C45H83N3O4S.HI/c1-4-7-9-11-13-15-17-19-20-22-24-26-28-30-34-42(43-35-31-33-37-48(43)6-3)47-45(50)52-39-41-53-40-38-51-44(49)46-36-32-29-27-25-23-21-18-16-14-12-10-8-5-2;/h31,33,35,37,42H,4-30,32,34,36,38-41H2,1-3H3,(H-,46,47,49,50);1H. The lowest BCUT2D eigenvalue weighted by molar-refractivity contribution is -0.702. The normalized spacial score (nSPS) is 11.5. The zero-order valence-electron chi connectivity index (χ0n) is 35.3. The zero-order chi connectivity index (χ0) is 38.3. The molecule has 1 heterocycles. The van der Waals surface area contributed by atoms with E-state index in [2.05, 4.69) is 48.2 Å². The largest absolute Gasteiger partial charge is 1.00 e. The van der Waals surface area contributed by atoms with Crippen molar-refractivity contribution < 1.29 is 47.6 Å². The summed E-state index contributed by atoms with van der Waals surface area (Å²) < 4.78 is 13.1. The molecule has 0 saturated carbocycles. The highest BCUT2D eigenvalue weighted by molar-refractivity contribution is 7.99. The van der Waals surface area contributed by atoms with Gasteiger partial charge < -0.3 is 44.1 Å². The number of nitrogens with one attached hydrogen (secondary N) is 2. The molecule has 1 unspecified atom stereocenters. The van der Waals surface area contributed by atoms with Crippen LogP contribution in [0.5, 0.6) is 0 Å². The van der Waals surface area contributed by atoms with Crippen molar-refractivity contribution in [3.05, 3.63) is 30.1 Å². The number of aromatic nitrogens is 1. The number of nitrogens with zero attached hydrogens (tertiary/aromatic N) is 1. The fraction of sp³-hybridized carbons (Fsp3) is 0.844. The topological polar surface area (TPSA) is 80.5 Å². The van der Waals surface area contributed by atoms with Gasteiger partial charge in [0.05, 0.1) is 0 Å². The lowest BCUT2D eigenvalue weighted by atomic mass is 10.0. The second kappa shape index (κ2) is 41.4. The first-order valence-corrected chi connectivity index (χ1v) is 23.7. The summed E-state index contributed by atoms with van der Waals surface area (Å²) in [6.07, 6.45) is 38.1. The fourth-order valence-corrected chi connectivity index (χ4v) is 7.59. The summed E-state index contributed by atoms with van der Waals surface area (Å²) in [5.74, 6) is 1.35. The first kappa shape index (κ1) is 52.8. The Labute approximate surface area is 354 Å². The molecular weight excluding hydrogens is 805 g/mol. The van der Waals surface area contributed by atoms with Crippen molar-refractivity contribution in [3.63, 3.8) is 0 Å². The van der Waals surface area contributed by atoms with Crippen LogP contribution in [-0.2, 0) is 16.0 Å². The lowest BCUT2D eigenvalue weighted by Crippen LogP contribution is -3.00. The second-order valence-electron chi connectivity index (χ2n) is 15.0. The van der Waals surface area contributed by atoms with Gasteiger partial charge in [0.2, 0.25) is 5.69 Å². The highest BCUT2D eigenvalue weighted by Gasteiger charge is 2.23. The number of alkyl carbamates (subject to hydrolysis) is 2. The van der Waals surface area contributed by atoms with Crippen molar-refractivity contribution in [1.29, 1.82) is 0 Å². The summed E-state index contributed by atoms with van der Waals surface area (Å²) in [4.78, 5) is 24.8. The average molecular weight is 890 g/mol. The molecule has 316 valence electrons. The van der Waals surface area contributed by atoms with E-state index in [1.807, 2.05) is 12.1 Å². The Morgan fingerprint density at radius 2 is 1.02 bits per heavy atom. The number of ether oxygens (including phenoxy) is 2. The van der Waals surface area contributed by atoms with Gasteiger partial charge in [0, 0.05) is 30.2 Å². The number of amides is 2. The maximum absolute atomic E-state index is 12.8. The minimum atomic E-state index is -0.365. The van der Waals surface area contributed by atoms with Gasteiger partial charge in [-0.2, -0.15) is 11.8 Å². The minimum absolute atomic E-state index is 0. The third-order valence-electron chi connectivity index (χ3n) is 10.3. The van der Waals surface area contributed by atoms with Crippen molar-refractivity contribution >= 4 is 23.9 Å². The van der Waals surface area contributed by atoms with E-state index in [0.29, 0.717) is 31.3 Å². The van der Waals surface area contributed by atoms with Gasteiger partial charge >= 0.3 is 12.2 Å². The molecule has 1 atom stereocenters. The summed E-state index contributed by atoms with van der Waals surface area (Å²) in [6, 6.07) is 6.13. The maximum Gasteiger partial charge on any atom is 0.407 e. The molecule has 7 nitrogen and oxygen atoms in total. The highest BCUT2D eigenvalue weighted by atomic mass is 127. The predicted octanol–water partition coefficient (Wildman–Crippen LogP) is 10.2. The van der Waals surface area contributed by atoms with E-state index in [0.717, 1.165) is 37.9 Å². The molecule has 0 spiro atoms. The third-order valence-corrected chi connectivity index (χ3v) is 11.2. The average Bonchev–Trinajstić information content (AvgIpc) is 3.17. The van der Waals surface area contributed by atoms with Crippen LogP contribution in [0.4, 0.5) is 9.59 Å². The van der Waals surface area contributed by atoms with Gasteiger partial charge in [-0.3, -0.25) is 0 Å². The summed E-state index contributed by atoms with van der Waals surface area (Å²) in [6.45, 7) is 8.91. The molecule has 1 rings (SSSR count). The number of hydrogen-bond acceptors (Lipinski definition) is 5. The monoisotopic (exact) mass is 890 g/mol. The van der Waals surface area contributed by atoms with Crippen LogP contribution in [0.1, 0.15) is 212 Å². The van der Waals surface area contributed by atoms with Gasteiger partial charge in [-0.15, -0.1) is 0 Å². The van der Waals surface area contributed by atoms with E-state index in [4.69, 9.17) is 9.47 Å². The van der Waals surface area contributed by atoms with Gasteiger partial charge in [-0.1, -0.05) is 187 Å². The Hall–Kier alpha value is -1.23. The number of carbonyl (C=O) groups is 2. The molecule has 0 aromatic carbocycles. The second-order valence-corrected chi connectivity index (χ2v) is 16.3. The molecule has 0 aliphatic heterocycles. The van der Waals surface area contributed by atoms with Gasteiger partial charge in [0.15, 0.2) is 6.20 Å². The molecule has 54 heavy (non-hydrogen) atoms. The molecule has 0 fully saturated rings. The van der Waals surface area contributed by atoms with Crippen LogP contribution in [-0.4, -0.2) is 43.5 Å². The first-order chi connectivity index (χ1) is 26.1. The van der Waals surface area contributed by atoms with Crippen molar-refractivity contribution in [2.75, 3.05) is 31.3 Å². The molecule has 0 aliphatic rings. The van der Waals surface area contributed by atoms with Crippen molar-refractivity contribution in [1.82, 2.24) is 10.6 Å². The summed E-state index contributed by atoms with van der Waals surface area (Å²) in [5, 5.41) is 6.03. The third kappa shape index (κ3) is 33.0. The summed E-state index contributed by atoms with van der Waals surface area (Å²) in [7, 11) is 0. The molecule has 0 bridgehead atoms. The molecule has 0 saturated heterocycles. The van der Waals surface area contributed by atoms with Crippen LogP contribution in [0.3, 0.4) is 0 Å². The minimum Gasteiger partial charge on any atom is -1.00 e. The number of pyridine rings is 1. The van der Waals surface area contributed by atoms with E-state index in [9.17, 15) is 9.59 Å². The lowest BCUT2D eigenvalue weighted by Gasteiger charge is -2.17. The Kier molecular flexibility index (Phi) is 40.5. The van der Waals surface area contributed by atoms with E-state index in [-0.39, 0.29) is 42.2 Å². The first-order valence-electron chi connectivity index (χ1n) is 22.5. The smallest absolute Gasteiger partial charge is 0.407 e. The van der Waals surface area contributed by atoms with Crippen LogP contribution in [0.25, 0.3) is 0 Å². The van der Waals surface area contributed by atoms with E-state index >= 15 is 0 Å². The molecule has 9 heteroatoms. The number of aryl methyl sites for hydroxylation is 1. The molecule has 2 N–H and O–H groups in total. The quantitative estimate of drug-likeness (QED) is 0.0393. The summed E-state index contributed by atoms with van der Waals surface area (Å²) in [5.41, 5.74) is 1.13. The SMILES string of the molecule is CCCCCCCCCCCCCCCCC(NC(=O)OCCSCCOC(=O)NCCCCCCCCCCCCCCC)c1cccc[n+]1CC.[I-].